The molecule has 3 rings (SSSR count). The van der Waals surface area contributed by atoms with Gasteiger partial charge in [-0.05, 0) is 24.3 Å². The maximum absolute atomic E-state index is 12.5. The normalized spacial score (nSPS) is 16.9. The highest BCUT2D eigenvalue weighted by Crippen LogP contribution is 2.25. The first kappa shape index (κ1) is 11.4. The lowest BCUT2D eigenvalue weighted by Crippen LogP contribution is -2.23. The average Bonchev–Trinajstić information content (AvgIpc) is 2.47. The highest BCUT2D eigenvalue weighted by atomic mass is 16.5. The van der Waals surface area contributed by atoms with Gasteiger partial charge in [-0.3, -0.25) is 9.78 Å². The second-order valence-corrected chi connectivity index (χ2v) is 4.65. The number of aromatic nitrogens is 1. The minimum Gasteiger partial charge on any atom is -0.381 e. The molecule has 1 aromatic carbocycles. The van der Waals surface area contributed by atoms with Gasteiger partial charge in [0.15, 0.2) is 5.78 Å². The summed E-state index contributed by atoms with van der Waals surface area (Å²) in [4.78, 5) is 16.7. The molecule has 1 fully saturated rings. The number of ketones is 1. The number of Topliss-reactive ketones (excluding diaryl/α,β-unsaturated/α-hetero) is 1. The van der Waals surface area contributed by atoms with E-state index in [0.717, 1.165) is 29.2 Å². The smallest absolute Gasteiger partial charge is 0.166 e. The van der Waals surface area contributed by atoms with E-state index in [2.05, 4.69) is 4.98 Å². The van der Waals surface area contributed by atoms with Crippen molar-refractivity contribution in [1.29, 1.82) is 0 Å². The van der Waals surface area contributed by atoms with Crippen molar-refractivity contribution in [1.82, 2.24) is 4.98 Å². The summed E-state index contributed by atoms with van der Waals surface area (Å²) in [5, 5.41) is 2.03. The van der Waals surface area contributed by atoms with E-state index in [-0.39, 0.29) is 11.7 Å². The molecule has 1 aliphatic rings. The lowest BCUT2D eigenvalue weighted by Gasteiger charge is -2.21. The molecule has 3 heteroatoms. The van der Waals surface area contributed by atoms with E-state index in [9.17, 15) is 4.79 Å². The van der Waals surface area contributed by atoms with Crippen LogP contribution in [-0.4, -0.2) is 24.0 Å². The van der Waals surface area contributed by atoms with Crippen molar-refractivity contribution >= 4 is 16.6 Å². The maximum atomic E-state index is 12.5. The van der Waals surface area contributed by atoms with Gasteiger partial charge in [-0.1, -0.05) is 18.2 Å². The fourth-order valence-electron chi connectivity index (χ4n) is 2.51. The molecule has 0 radical (unpaired) electrons. The Hall–Kier alpha value is -1.74. The summed E-state index contributed by atoms with van der Waals surface area (Å²) in [6.07, 6.45) is 5.19. The molecule has 1 saturated heterocycles. The third-order valence-electron chi connectivity index (χ3n) is 3.54. The van der Waals surface area contributed by atoms with Crippen LogP contribution in [0.5, 0.6) is 0 Å². The third kappa shape index (κ3) is 2.02. The summed E-state index contributed by atoms with van der Waals surface area (Å²) in [6.45, 7) is 1.39. The Morgan fingerprint density at radius 2 is 2.06 bits per heavy atom. The largest absolute Gasteiger partial charge is 0.381 e. The zero-order chi connectivity index (χ0) is 12.4. The monoisotopic (exact) mass is 241 g/mol. The van der Waals surface area contributed by atoms with Crippen LogP contribution in [0.25, 0.3) is 10.8 Å². The fourth-order valence-corrected chi connectivity index (χ4v) is 2.51. The summed E-state index contributed by atoms with van der Waals surface area (Å²) in [7, 11) is 0. The minimum absolute atomic E-state index is 0.101. The van der Waals surface area contributed by atoms with E-state index in [4.69, 9.17) is 4.74 Å². The standard InChI is InChI=1S/C15H15NO2/c17-15(12-5-8-18-9-6-12)13-3-1-2-11-4-7-16-10-14(11)13/h1-4,7,10,12H,5-6,8-9H2. The first-order chi connectivity index (χ1) is 8.86. The number of hydrogen-bond acceptors (Lipinski definition) is 3. The minimum atomic E-state index is 0.101. The number of pyridine rings is 1. The number of carbonyl (C=O) groups is 1. The maximum Gasteiger partial charge on any atom is 0.166 e. The van der Waals surface area contributed by atoms with Gasteiger partial charge >= 0.3 is 0 Å². The van der Waals surface area contributed by atoms with Gasteiger partial charge in [-0.15, -0.1) is 0 Å². The Morgan fingerprint density at radius 3 is 2.89 bits per heavy atom. The molecule has 1 aromatic heterocycles. The van der Waals surface area contributed by atoms with Crippen LogP contribution in [0.3, 0.4) is 0 Å². The molecular weight excluding hydrogens is 226 g/mol. The SMILES string of the molecule is O=C(c1cccc2ccncc12)C1CCOCC1. The molecule has 2 heterocycles. The predicted octanol–water partition coefficient (Wildman–Crippen LogP) is 2.84. The molecule has 0 amide bonds. The van der Waals surface area contributed by atoms with Crippen LogP contribution >= 0.6 is 0 Å². The van der Waals surface area contributed by atoms with E-state index >= 15 is 0 Å². The second kappa shape index (κ2) is 4.86. The van der Waals surface area contributed by atoms with Crippen molar-refractivity contribution in [2.75, 3.05) is 13.2 Å². The Bertz CT molecular complexity index is 568. The Labute approximate surface area is 106 Å². The molecule has 3 nitrogen and oxygen atoms in total. The highest BCUT2D eigenvalue weighted by molar-refractivity contribution is 6.08. The van der Waals surface area contributed by atoms with Crippen LogP contribution in [0.15, 0.2) is 36.7 Å². The van der Waals surface area contributed by atoms with Crippen LogP contribution in [0, 0.1) is 5.92 Å². The molecular formula is C15H15NO2. The number of fused-ring (bicyclic) bond motifs is 1. The summed E-state index contributed by atoms with van der Waals surface area (Å²) in [6, 6.07) is 7.80. The van der Waals surface area contributed by atoms with Crippen LogP contribution < -0.4 is 0 Å². The van der Waals surface area contributed by atoms with Crippen molar-refractivity contribution in [3.05, 3.63) is 42.2 Å². The summed E-state index contributed by atoms with van der Waals surface area (Å²) in [5.41, 5.74) is 0.799. The van der Waals surface area contributed by atoms with Crippen molar-refractivity contribution in [3.8, 4) is 0 Å². The zero-order valence-electron chi connectivity index (χ0n) is 10.1. The van der Waals surface area contributed by atoms with Crippen molar-refractivity contribution < 1.29 is 9.53 Å². The Morgan fingerprint density at radius 1 is 1.22 bits per heavy atom. The van der Waals surface area contributed by atoms with E-state index < -0.39 is 0 Å². The van der Waals surface area contributed by atoms with Gasteiger partial charge in [0, 0.05) is 42.5 Å². The first-order valence-electron chi connectivity index (χ1n) is 6.31. The molecule has 2 aromatic rings. The number of carbonyl (C=O) groups excluding carboxylic acids is 1. The summed E-state index contributed by atoms with van der Waals surface area (Å²) >= 11 is 0. The molecule has 18 heavy (non-hydrogen) atoms. The van der Waals surface area contributed by atoms with E-state index in [0.29, 0.717) is 13.2 Å². The third-order valence-corrected chi connectivity index (χ3v) is 3.54. The molecule has 92 valence electrons. The molecule has 0 aliphatic carbocycles. The Balaban J connectivity index is 2.00. The molecule has 0 N–H and O–H groups in total. The number of ether oxygens (including phenoxy) is 1. The highest BCUT2D eigenvalue weighted by Gasteiger charge is 2.23. The second-order valence-electron chi connectivity index (χ2n) is 4.65. The zero-order valence-corrected chi connectivity index (χ0v) is 10.1. The average molecular weight is 241 g/mol. The summed E-state index contributed by atoms with van der Waals surface area (Å²) in [5.74, 6) is 0.335. The van der Waals surface area contributed by atoms with Gasteiger partial charge < -0.3 is 4.74 Å². The van der Waals surface area contributed by atoms with Gasteiger partial charge in [0.2, 0.25) is 0 Å². The number of rotatable bonds is 2. The topological polar surface area (TPSA) is 39.2 Å². The van der Waals surface area contributed by atoms with E-state index in [1.54, 1.807) is 12.4 Å². The number of benzene rings is 1. The molecule has 0 bridgehead atoms. The molecule has 1 aliphatic heterocycles. The van der Waals surface area contributed by atoms with E-state index in [1.165, 1.54) is 0 Å². The fraction of sp³-hybridized carbons (Fsp3) is 0.333. The Kier molecular flexibility index (Phi) is 3.07. The van der Waals surface area contributed by atoms with Crippen LogP contribution in [-0.2, 0) is 4.74 Å². The van der Waals surface area contributed by atoms with E-state index in [1.807, 2.05) is 24.3 Å². The first-order valence-corrected chi connectivity index (χ1v) is 6.31. The lowest BCUT2D eigenvalue weighted by molar-refractivity contribution is 0.0546. The summed E-state index contributed by atoms with van der Waals surface area (Å²) < 4.78 is 5.31. The van der Waals surface area contributed by atoms with Gasteiger partial charge in [0.1, 0.15) is 0 Å². The van der Waals surface area contributed by atoms with Crippen LogP contribution in [0.1, 0.15) is 23.2 Å². The van der Waals surface area contributed by atoms with Crippen molar-refractivity contribution in [3.63, 3.8) is 0 Å². The molecule has 0 spiro atoms. The lowest BCUT2D eigenvalue weighted by atomic mass is 9.89. The molecule has 0 atom stereocenters. The van der Waals surface area contributed by atoms with Gasteiger partial charge in [0.25, 0.3) is 0 Å². The number of hydrogen-bond donors (Lipinski definition) is 0. The number of nitrogens with zero attached hydrogens (tertiary/aromatic N) is 1. The predicted molar refractivity (Wildman–Crippen MR) is 69.6 cm³/mol. The molecule has 0 unspecified atom stereocenters. The van der Waals surface area contributed by atoms with Crippen molar-refractivity contribution in [2.45, 2.75) is 12.8 Å². The van der Waals surface area contributed by atoms with Crippen molar-refractivity contribution in [2.24, 2.45) is 5.92 Å². The van der Waals surface area contributed by atoms with Gasteiger partial charge in [0.05, 0.1) is 0 Å². The quantitative estimate of drug-likeness (QED) is 0.759. The van der Waals surface area contributed by atoms with Crippen LogP contribution in [0.2, 0.25) is 0 Å². The van der Waals surface area contributed by atoms with Gasteiger partial charge in [-0.25, -0.2) is 0 Å². The van der Waals surface area contributed by atoms with Crippen LogP contribution in [0.4, 0.5) is 0 Å². The molecule has 0 saturated carbocycles. The van der Waals surface area contributed by atoms with Gasteiger partial charge in [-0.2, -0.15) is 0 Å².